The molecule has 0 aliphatic rings. The molecule has 2 heterocycles. The summed E-state index contributed by atoms with van der Waals surface area (Å²) >= 11 is 0. The van der Waals surface area contributed by atoms with Crippen molar-refractivity contribution in [3.63, 3.8) is 0 Å². The highest BCUT2D eigenvalue weighted by atomic mass is 16.1. The van der Waals surface area contributed by atoms with Gasteiger partial charge in [-0.05, 0) is 32.0 Å². The van der Waals surface area contributed by atoms with Crippen molar-refractivity contribution in [1.29, 1.82) is 0 Å². The number of nitrogens with zero attached hydrogens (tertiary/aromatic N) is 3. The molecular formula is C14H20N4O. The number of aromatic nitrogens is 3. The lowest BCUT2D eigenvalue weighted by molar-refractivity contribution is 0.439. The van der Waals surface area contributed by atoms with E-state index in [9.17, 15) is 4.79 Å². The summed E-state index contributed by atoms with van der Waals surface area (Å²) in [6, 6.07) is 7.54. The lowest BCUT2D eigenvalue weighted by atomic mass is 10.3. The molecule has 0 unspecified atom stereocenters. The first-order chi connectivity index (χ1) is 9.25. The summed E-state index contributed by atoms with van der Waals surface area (Å²) < 4.78 is 3.65. The van der Waals surface area contributed by atoms with E-state index in [2.05, 4.69) is 17.3 Å². The average Bonchev–Trinajstić information content (AvgIpc) is 2.89. The van der Waals surface area contributed by atoms with E-state index >= 15 is 0 Å². The number of rotatable bonds is 7. The Kier molecular flexibility index (Phi) is 4.92. The number of hydrogen-bond donors (Lipinski definition) is 1. The Labute approximate surface area is 112 Å². The molecular weight excluding hydrogens is 240 g/mol. The molecule has 0 bridgehead atoms. The standard InChI is InChI=1S/C14H20N4O/c1-13(12-18-11-5-8-16-18)15-7-4-10-17-9-3-2-6-14(17)19/h2-3,5-6,8-9,11,13,15H,4,7,10,12H2,1H3/t13-/m0/s1. The molecule has 0 aromatic carbocycles. The maximum atomic E-state index is 11.5. The highest BCUT2D eigenvalue weighted by Crippen LogP contribution is 1.92. The van der Waals surface area contributed by atoms with E-state index in [-0.39, 0.29) is 5.56 Å². The summed E-state index contributed by atoms with van der Waals surface area (Å²) in [6.07, 6.45) is 6.51. The van der Waals surface area contributed by atoms with Crippen molar-refractivity contribution in [3.8, 4) is 0 Å². The summed E-state index contributed by atoms with van der Waals surface area (Å²) in [7, 11) is 0. The molecule has 0 aliphatic carbocycles. The zero-order chi connectivity index (χ0) is 13.5. The van der Waals surface area contributed by atoms with Crippen LogP contribution in [0.5, 0.6) is 0 Å². The molecule has 5 nitrogen and oxygen atoms in total. The maximum Gasteiger partial charge on any atom is 0.250 e. The van der Waals surface area contributed by atoms with Crippen LogP contribution in [0, 0.1) is 0 Å². The molecule has 102 valence electrons. The number of hydrogen-bond acceptors (Lipinski definition) is 3. The SMILES string of the molecule is C[C@@H](Cn1cccn1)NCCCn1ccccc1=O. The van der Waals surface area contributed by atoms with Crippen LogP contribution < -0.4 is 10.9 Å². The van der Waals surface area contributed by atoms with Gasteiger partial charge in [0.25, 0.3) is 0 Å². The van der Waals surface area contributed by atoms with Crippen LogP contribution in [0.1, 0.15) is 13.3 Å². The van der Waals surface area contributed by atoms with Gasteiger partial charge in [-0.2, -0.15) is 5.10 Å². The second-order valence-electron chi connectivity index (χ2n) is 4.67. The van der Waals surface area contributed by atoms with Crippen molar-refractivity contribution in [2.75, 3.05) is 6.54 Å². The molecule has 2 aromatic heterocycles. The lowest BCUT2D eigenvalue weighted by Gasteiger charge is -2.14. The zero-order valence-electron chi connectivity index (χ0n) is 11.2. The third kappa shape index (κ3) is 4.37. The van der Waals surface area contributed by atoms with Crippen LogP contribution in [-0.4, -0.2) is 26.9 Å². The molecule has 0 amide bonds. The van der Waals surface area contributed by atoms with Crippen LogP contribution in [0.25, 0.3) is 0 Å². The minimum absolute atomic E-state index is 0.0621. The molecule has 0 saturated heterocycles. The van der Waals surface area contributed by atoms with Crippen LogP contribution >= 0.6 is 0 Å². The van der Waals surface area contributed by atoms with Gasteiger partial charge in [0.15, 0.2) is 0 Å². The van der Waals surface area contributed by atoms with E-state index in [1.807, 2.05) is 29.2 Å². The van der Waals surface area contributed by atoms with Crippen LogP contribution in [0.15, 0.2) is 47.7 Å². The monoisotopic (exact) mass is 260 g/mol. The topological polar surface area (TPSA) is 51.9 Å². The second-order valence-corrected chi connectivity index (χ2v) is 4.67. The van der Waals surface area contributed by atoms with Crippen molar-refractivity contribution >= 4 is 0 Å². The number of pyridine rings is 1. The van der Waals surface area contributed by atoms with Gasteiger partial charge in [-0.15, -0.1) is 0 Å². The highest BCUT2D eigenvalue weighted by molar-refractivity contribution is 4.93. The first-order valence-corrected chi connectivity index (χ1v) is 6.62. The quantitative estimate of drug-likeness (QED) is 0.759. The van der Waals surface area contributed by atoms with E-state index in [1.54, 1.807) is 22.9 Å². The Morgan fingerprint density at radius 1 is 1.32 bits per heavy atom. The molecule has 0 saturated carbocycles. The Morgan fingerprint density at radius 2 is 2.21 bits per heavy atom. The van der Waals surface area contributed by atoms with Crippen LogP contribution in [0.4, 0.5) is 0 Å². The molecule has 1 N–H and O–H groups in total. The molecule has 1 atom stereocenters. The van der Waals surface area contributed by atoms with Crippen LogP contribution in [0.2, 0.25) is 0 Å². The van der Waals surface area contributed by atoms with Gasteiger partial charge in [0.05, 0.1) is 6.54 Å². The normalized spacial score (nSPS) is 12.5. The number of nitrogens with one attached hydrogen (secondary N) is 1. The van der Waals surface area contributed by atoms with Gasteiger partial charge >= 0.3 is 0 Å². The largest absolute Gasteiger partial charge is 0.315 e. The fourth-order valence-electron chi connectivity index (χ4n) is 2.00. The van der Waals surface area contributed by atoms with Crippen molar-refractivity contribution in [2.24, 2.45) is 0 Å². The van der Waals surface area contributed by atoms with E-state index in [1.165, 1.54) is 0 Å². The van der Waals surface area contributed by atoms with Gasteiger partial charge in [-0.1, -0.05) is 6.07 Å². The smallest absolute Gasteiger partial charge is 0.250 e. The van der Waals surface area contributed by atoms with E-state index < -0.39 is 0 Å². The minimum atomic E-state index is 0.0621. The molecule has 0 fully saturated rings. The first-order valence-electron chi connectivity index (χ1n) is 6.62. The predicted octanol–water partition coefficient (Wildman–Crippen LogP) is 1.11. The van der Waals surface area contributed by atoms with Crippen molar-refractivity contribution in [1.82, 2.24) is 19.7 Å². The third-order valence-electron chi connectivity index (χ3n) is 2.99. The maximum absolute atomic E-state index is 11.5. The summed E-state index contributed by atoms with van der Waals surface area (Å²) in [5, 5.41) is 7.61. The van der Waals surface area contributed by atoms with E-state index in [4.69, 9.17) is 0 Å². The van der Waals surface area contributed by atoms with Crippen molar-refractivity contribution in [3.05, 3.63) is 53.2 Å². The minimum Gasteiger partial charge on any atom is -0.315 e. The van der Waals surface area contributed by atoms with Gasteiger partial charge < -0.3 is 9.88 Å². The van der Waals surface area contributed by atoms with Gasteiger partial charge in [-0.3, -0.25) is 9.48 Å². The van der Waals surface area contributed by atoms with Crippen molar-refractivity contribution < 1.29 is 0 Å². The fraction of sp³-hybridized carbons (Fsp3) is 0.429. The Bertz CT molecular complexity index is 532. The van der Waals surface area contributed by atoms with Gasteiger partial charge in [0.1, 0.15) is 0 Å². The lowest BCUT2D eigenvalue weighted by Crippen LogP contribution is -2.32. The van der Waals surface area contributed by atoms with Gasteiger partial charge in [0.2, 0.25) is 5.56 Å². The van der Waals surface area contributed by atoms with Gasteiger partial charge in [0, 0.05) is 37.2 Å². The molecule has 5 heteroatoms. The third-order valence-corrected chi connectivity index (χ3v) is 2.99. The Hall–Kier alpha value is -1.88. The summed E-state index contributed by atoms with van der Waals surface area (Å²) in [5.41, 5.74) is 0.0621. The molecule has 2 rings (SSSR count). The van der Waals surface area contributed by atoms with Crippen LogP contribution in [0.3, 0.4) is 0 Å². The van der Waals surface area contributed by atoms with Gasteiger partial charge in [-0.25, -0.2) is 0 Å². The Balaban J connectivity index is 1.67. The zero-order valence-corrected chi connectivity index (χ0v) is 11.2. The predicted molar refractivity (Wildman–Crippen MR) is 75.0 cm³/mol. The fourth-order valence-corrected chi connectivity index (χ4v) is 2.00. The summed E-state index contributed by atoms with van der Waals surface area (Å²) in [4.78, 5) is 11.5. The molecule has 0 aliphatic heterocycles. The average molecular weight is 260 g/mol. The Morgan fingerprint density at radius 3 is 2.95 bits per heavy atom. The second kappa shape index (κ2) is 6.89. The highest BCUT2D eigenvalue weighted by Gasteiger charge is 2.02. The van der Waals surface area contributed by atoms with E-state index in [0.717, 1.165) is 26.1 Å². The van der Waals surface area contributed by atoms with Crippen molar-refractivity contribution in [2.45, 2.75) is 32.5 Å². The summed E-state index contributed by atoms with van der Waals surface area (Å²) in [5.74, 6) is 0. The van der Waals surface area contributed by atoms with E-state index in [0.29, 0.717) is 6.04 Å². The molecule has 19 heavy (non-hydrogen) atoms. The van der Waals surface area contributed by atoms with Crippen LogP contribution in [-0.2, 0) is 13.1 Å². The molecule has 2 aromatic rings. The molecule has 0 spiro atoms. The summed E-state index contributed by atoms with van der Waals surface area (Å²) in [6.45, 7) is 4.64. The molecule has 0 radical (unpaired) electrons. The number of aryl methyl sites for hydroxylation is 1. The first kappa shape index (κ1) is 13.5.